The van der Waals surface area contributed by atoms with E-state index in [1.807, 2.05) is 30.3 Å². The first-order valence-corrected chi connectivity index (χ1v) is 7.78. The van der Waals surface area contributed by atoms with Crippen molar-refractivity contribution in [2.45, 2.75) is 59.0 Å². The molecule has 1 unspecified atom stereocenters. The van der Waals surface area contributed by atoms with Gasteiger partial charge in [-0.1, -0.05) is 70.1 Å². The van der Waals surface area contributed by atoms with E-state index in [0.717, 1.165) is 5.75 Å². The molecule has 0 radical (unpaired) electrons. The Hall–Kier alpha value is -1.42. The zero-order valence-corrected chi connectivity index (χ0v) is 13.0. The lowest BCUT2D eigenvalue weighted by molar-refractivity contribution is 0.136. The molecule has 0 N–H and O–H groups in total. The molecule has 1 atom stereocenters. The third kappa shape index (κ3) is 4.60. The maximum Gasteiger partial charge on any atom is 0.163 e. The maximum absolute atomic E-state index is 6.10. The van der Waals surface area contributed by atoms with Gasteiger partial charge < -0.3 is 4.74 Å². The molecule has 0 heterocycles. The second kappa shape index (κ2) is 6.84. The summed E-state index contributed by atoms with van der Waals surface area (Å²) in [6.07, 6.45) is 6.51. The highest BCUT2D eigenvalue weighted by Gasteiger charge is 2.25. The zero-order chi connectivity index (χ0) is 14.4. The molecular weight excluding hydrogens is 244 g/mol. The van der Waals surface area contributed by atoms with Gasteiger partial charge in [0.05, 0.1) is 0 Å². The number of rotatable bonds is 2. The molecule has 1 saturated carbocycles. The Morgan fingerprint density at radius 3 is 2.30 bits per heavy atom. The van der Waals surface area contributed by atoms with Gasteiger partial charge in [-0.15, -0.1) is 0 Å². The lowest BCUT2D eigenvalue weighted by Gasteiger charge is -2.27. The van der Waals surface area contributed by atoms with E-state index in [9.17, 15) is 0 Å². The number of benzene rings is 1. The highest BCUT2D eigenvalue weighted by Crippen LogP contribution is 2.26. The van der Waals surface area contributed by atoms with Gasteiger partial charge in [-0.2, -0.15) is 0 Å². The van der Waals surface area contributed by atoms with Crippen LogP contribution in [0.1, 0.15) is 52.9 Å². The molecule has 108 valence electrons. The van der Waals surface area contributed by atoms with Crippen LogP contribution in [0.15, 0.2) is 30.3 Å². The van der Waals surface area contributed by atoms with E-state index in [4.69, 9.17) is 4.74 Å². The summed E-state index contributed by atoms with van der Waals surface area (Å²) in [7, 11) is 0. The highest BCUT2D eigenvalue weighted by atomic mass is 16.5. The molecule has 0 bridgehead atoms. The predicted octanol–water partition coefficient (Wildman–Crippen LogP) is 5.06. The minimum Gasteiger partial charge on any atom is -0.477 e. The summed E-state index contributed by atoms with van der Waals surface area (Å²) in [5, 5.41) is 0. The first-order valence-electron chi connectivity index (χ1n) is 7.78. The Balaban J connectivity index is 2.06. The Morgan fingerprint density at radius 1 is 1.05 bits per heavy atom. The van der Waals surface area contributed by atoms with Crippen molar-refractivity contribution in [2.24, 2.45) is 11.3 Å². The van der Waals surface area contributed by atoms with Crippen molar-refractivity contribution in [3.05, 3.63) is 30.3 Å². The molecule has 0 aromatic heterocycles. The molecule has 0 amide bonds. The molecular formula is C19H26O. The van der Waals surface area contributed by atoms with Gasteiger partial charge in [-0.05, 0) is 25.0 Å². The van der Waals surface area contributed by atoms with Gasteiger partial charge in [0.15, 0.2) is 6.10 Å². The second-order valence-electron chi connectivity index (χ2n) is 6.80. The van der Waals surface area contributed by atoms with Crippen molar-refractivity contribution >= 4 is 0 Å². The minimum absolute atomic E-state index is 0.0253. The number of hydrogen-bond acceptors (Lipinski definition) is 1. The van der Waals surface area contributed by atoms with Crippen molar-refractivity contribution in [1.82, 2.24) is 0 Å². The van der Waals surface area contributed by atoms with Crippen LogP contribution in [0.2, 0.25) is 0 Å². The third-order valence-corrected chi connectivity index (χ3v) is 3.81. The quantitative estimate of drug-likeness (QED) is 0.682. The largest absolute Gasteiger partial charge is 0.477 e. The van der Waals surface area contributed by atoms with Crippen LogP contribution in [-0.2, 0) is 0 Å². The van der Waals surface area contributed by atoms with Crippen LogP contribution in [0.25, 0.3) is 0 Å². The predicted molar refractivity (Wildman–Crippen MR) is 84.7 cm³/mol. The van der Waals surface area contributed by atoms with E-state index in [0.29, 0.717) is 5.92 Å². The average Bonchev–Trinajstić information content (AvgIpc) is 2.44. The Morgan fingerprint density at radius 2 is 1.70 bits per heavy atom. The lowest BCUT2D eigenvalue weighted by Crippen LogP contribution is -2.30. The van der Waals surface area contributed by atoms with E-state index in [1.54, 1.807) is 0 Å². The van der Waals surface area contributed by atoms with Crippen molar-refractivity contribution in [3.8, 4) is 17.6 Å². The smallest absolute Gasteiger partial charge is 0.163 e. The van der Waals surface area contributed by atoms with Crippen LogP contribution in [-0.4, -0.2) is 6.10 Å². The lowest BCUT2D eigenvalue weighted by atomic mass is 9.86. The molecule has 2 rings (SSSR count). The van der Waals surface area contributed by atoms with Crippen molar-refractivity contribution in [3.63, 3.8) is 0 Å². The van der Waals surface area contributed by atoms with Crippen LogP contribution in [0.3, 0.4) is 0 Å². The fourth-order valence-electron chi connectivity index (χ4n) is 2.50. The fraction of sp³-hybridized carbons (Fsp3) is 0.579. The van der Waals surface area contributed by atoms with Crippen LogP contribution in [0, 0.1) is 23.2 Å². The summed E-state index contributed by atoms with van der Waals surface area (Å²) >= 11 is 0. The van der Waals surface area contributed by atoms with Crippen molar-refractivity contribution < 1.29 is 4.74 Å². The van der Waals surface area contributed by atoms with Gasteiger partial charge in [0.1, 0.15) is 5.75 Å². The van der Waals surface area contributed by atoms with E-state index in [-0.39, 0.29) is 11.5 Å². The molecule has 1 heteroatoms. The van der Waals surface area contributed by atoms with Gasteiger partial charge >= 0.3 is 0 Å². The van der Waals surface area contributed by atoms with Crippen molar-refractivity contribution in [1.29, 1.82) is 0 Å². The Labute approximate surface area is 123 Å². The number of hydrogen-bond donors (Lipinski definition) is 0. The van der Waals surface area contributed by atoms with E-state index in [1.165, 1.54) is 32.1 Å². The van der Waals surface area contributed by atoms with Crippen LogP contribution in [0.5, 0.6) is 5.75 Å². The Kier molecular flexibility index (Phi) is 5.12. The zero-order valence-electron chi connectivity index (χ0n) is 13.0. The van der Waals surface area contributed by atoms with E-state index >= 15 is 0 Å². The Bertz CT molecular complexity index is 452. The SMILES string of the molecule is CC(C)(C)C(C#CC1CCCCC1)Oc1ccccc1. The molecule has 1 aromatic rings. The average molecular weight is 270 g/mol. The maximum atomic E-state index is 6.10. The molecule has 1 aromatic carbocycles. The summed E-state index contributed by atoms with van der Waals surface area (Å²) in [5.41, 5.74) is 0.0253. The van der Waals surface area contributed by atoms with Gasteiger partial charge in [0.2, 0.25) is 0 Å². The van der Waals surface area contributed by atoms with Gasteiger partial charge in [0.25, 0.3) is 0 Å². The number of ether oxygens (including phenoxy) is 1. The van der Waals surface area contributed by atoms with Gasteiger partial charge in [-0.25, -0.2) is 0 Å². The molecule has 1 aliphatic carbocycles. The number of para-hydroxylation sites is 1. The molecule has 0 aliphatic heterocycles. The van der Waals surface area contributed by atoms with Crippen LogP contribution in [0.4, 0.5) is 0 Å². The first-order chi connectivity index (χ1) is 9.55. The summed E-state index contributed by atoms with van der Waals surface area (Å²) < 4.78 is 6.10. The monoisotopic (exact) mass is 270 g/mol. The van der Waals surface area contributed by atoms with Crippen molar-refractivity contribution in [2.75, 3.05) is 0 Å². The summed E-state index contributed by atoms with van der Waals surface area (Å²) in [6, 6.07) is 10.0. The normalized spacial score (nSPS) is 17.9. The van der Waals surface area contributed by atoms with Crippen LogP contribution < -0.4 is 4.74 Å². The van der Waals surface area contributed by atoms with Gasteiger partial charge in [0, 0.05) is 11.3 Å². The highest BCUT2D eigenvalue weighted by molar-refractivity contribution is 5.24. The third-order valence-electron chi connectivity index (χ3n) is 3.81. The summed E-state index contributed by atoms with van der Waals surface area (Å²) in [6.45, 7) is 6.57. The van der Waals surface area contributed by atoms with E-state index < -0.39 is 0 Å². The minimum atomic E-state index is -0.0492. The van der Waals surface area contributed by atoms with E-state index in [2.05, 4.69) is 32.6 Å². The summed E-state index contributed by atoms with van der Waals surface area (Å²) in [4.78, 5) is 0. The second-order valence-corrected chi connectivity index (χ2v) is 6.80. The van der Waals surface area contributed by atoms with Gasteiger partial charge in [-0.3, -0.25) is 0 Å². The summed E-state index contributed by atoms with van der Waals surface area (Å²) in [5.74, 6) is 8.36. The molecule has 1 fully saturated rings. The fourth-order valence-corrected chi connectivity index (χ4v) is 2.50. The standard InChI is InChI=1S/C19H26O/c1-19(2,3)18(20-17-12-8-5-9-13-17)15-14-16-10-6-4-7-11-16/h5,8-9,12-13,16,18H,4,6-7,10-11H2,1-3H3. The molecule has 1 nitrogen and oxygen atoms in total. The molecule has 0 spiro atoms. The molecule has 0 saturated heterocycles. The topological polar surface area (TPSA) is 9.23 Å². The molecule has 1 aliphatic rings. The molecule has 20 heavy (non-hydrogen) atoms. The first kappa shape index (κ1) is 15.0. The van der Waals surface area contributed by atoms with Crippen LogP contribution >= 0.6 is 0 Å².